The topological polar surface area (TPSA) is 64.9 Å². The minimum absolute atomic E-state index is 0.279. The summed E-state index contributed by atoms with van der Waals surface area (Å²) < 4.78 is 5.33. The molecule has 1 aromatic carbocycles. The average molecular weight is 306 g/mol. The molecule has 100 valence electrons. The Bertz CT molecular complexity index is 756. The maximum atomic E-state index is 6.23. The first-order chi connectivity index (χ1) is 9.66. The molecule has 2 N–H and O–H groups in total. The van der Waals surface area contributed by atoms with Crippen molar-refractivity contribution < 1.29 is 4.52 Å². The molecule has 2 heterocycles. The molecule has 0 aliphatic rings. The molecule has 0 fully saturated rings. The number of rotatable bonds is 2. The number of nitrogens with two attached hydrogens (primary N) is 1. The third kappa shape index (κ3) is 2.24. The lowest BCUT2D eigenvalue weighted by molar-refractivity contribution is 0.436. The van der Waals surface area contributed by atoms with Gasteiger partial charge in [-0.2, -0.15) is 0 Å². The summed E-state index contributed by atoms with van der Waals surface area (Å²) in [6, 6.07) is 8.81. The Labute approximate surface area is 125 Å². The zero-order chi connectivity index (χ0) is 14.1. The van der Waals surface area contributed by atoms with Crippen LogP contribution in [0.4, 0.5) is 5.82 Å². The summed E-state index contributed by atoms with van der Waals surface area (Å²) in [7, 11) is 0. The smallest absolute Gasteiger partial charge is 0.177 e. The van der Waals surface area contributed by atoms with Gasteiger partial charge in [-0.3, -0.25) is 4.98 Å². The van der Waals surface area contributed by atoms with Crippen molar-refractivity contribution in [3.63, 3.8) is 0 Å². The molecule has 3 rings (SSSR count). The number of nitrogen functional groups attached to an aromatic ring is 1. The second-order valence-electron chi connectivity index (χ2n) is 4.13. The Morgan fingerprint density at radius 2 is 1.80 bits per heavy atom. The number of benzene rings is 1. The predicted molar refractivity (Wildman–Crippen MR) is 79.6 cm³/mol. The van der Waals surface area contributed by atoms with E-state index in [1.165, 1.54) is 0 Å². The molecule has 3 aromatic rings. The van der Waals surface area contributed by atoms with Crippen molar-refractivity contribution in [2.75, 3.05) is 5.73 Å². The van der Waals surface area contributed by atoms with Gasteiger partial charge in [0.05, 0.1) is 10.6 Å². The molecule has 4 nitrogen and oxygen atoms in total. The first-order valence-electron chi connectivity index (χ1n) is 5.78. The van der Waals surface area contributed by atoms with Gasteiger partial charge in [-0.25, -0.2) is 0 Å². The Balaban J connectivity index is 2.22. The molecule has 0 spiro atoms. The molecule has 0 aliphatic carbocycles. The highest BCUT2D eigenvalue weighted by atomic mass is 35.5. The van der Waals surface area contributed by atoms with Crippen LogP contribution < -0.4 is 5.73 Å². The van der Waals surface area contributed by atoms with E-state index in [-0.39, 0.29) is 5.82 Å². The van der Waals surface area contributed by atoms with E-state index in [0.29, 0.717) is 21.4 Å². The van der Waals surface area contributed by atoms with Crippen molar-refractivity contribution in [1.82, 2.24) is 10.1 Å². The van der Waals surface area contributed by atoms with E-state index in [4.69, 9.17) is 33.5 Å². The van der Waals surface area contributed by atoms with Gasteiger partial charge in [-0.05, 0) is 24.3 Å². The number of hydrogen-bond donors (Lipinski definition) is 1. The molecule has 2 aromatic heterocycles. The third-order valence-corrected chi connectivity index (χ3v) is 3.41. The standard InChI is InChI=1S/C14H9Cl2N3O/c15-9-1-2-10(11(16)7-9)12-13(20-19-14(12)17)8-3-5-18-6-4-8/h1-7H,(H2,17,19). The monoisotopic (exact) mass is 305 g/mol. The van der Waals surface area contributed by atoms with Gasteiger partial charge in [0.2, 0.25) is 0 Å². The molecule has 0 atom stereocenters. The van der Waals surface area contributed by atoms with Gasteiger partial charge in [-0.15, -0.1) is 0 Å². The number of hydrogen-bond acceptors (Lipinski definition) is 4. The highest BCUT2D eigenvalue weighted by Gasteiger charge is 2.19. The Morgan fingerprint density at radius 3 is 2.50 bits per heavy atom. The minimum atomic E-state index is 0.279. The van der Waals surface area contributed by atoms with Crippen molar-refractivity contribution in [1.29, 1.82) is 0 Å². The van der Waals surface area contributed by atoms with Gasteiger partial charge in [0, 0.05) is 28.5 Å². The second-order valence-corrected chi connectivity index (χ2v) is 4.98. The molecule has 0 aliphatic heterocycles. The molecular formula is C14H9Cl2N3O. The molecule has 6 heteroatoms. The summed E-state index contributed by atoms with van der Waals surface area (Å²) in [5.41, 5.74) is 8.10. The number of nitrogens with zero attached hydrogens (tertiary/aromatic N) is 2. The van der Waals surface area contributed by atoms with E-state index >= 15 is 0 Å². The Morgan fingerprint density at radius 1 is 1.05 bits per heavy atom. The zero-order valence-electron chi connectivity index (χ0n) is 10.2. The molecular weight excluding hydrogens is 297 g/mol. The summed E-state index contributed by atoms with van der Waals surface area (Å²) in [5.74, 6) is 0.829. The maximum absolute atomic E-state index is 6.23. The van der Waals surface area contributed by atoms with Crippen molar-refractivity contribution in [2.24, 2.45) is 0 Å². The Kier molecular flexibility index (Phi) is 3.34. The van der Waals surface area contributed by atoms with Crippen LogP contribution >= 0.6 is 23.2 Å². The van der Waals surface area contributed by atoms with Gasteiger partial charge in [-0.1, -0.05) is 34.4 Å². The molecule has 0 amide bonds. The van der Waals surface area contributed by atoms with E-state index in [1.807, 2.05) is 12.1 Å². The average Bonchev–Trinajstić information content (AvgIpc) is 2.82. The van der Waals surface area contributed by atoms with Gasteiger partial charge >= 0.3 is 0 Å². The zero-order valence-corrected chi connectivity index (χ0v) is 11.7. The van der Waals surface area contributed by atoms with Gasteiger partial charge in [0.15, 0.2) is 11.6 Å². The van der Waals surface area contributed by atoms with Crippen molar-refractivity contribution in [2.45, 2.75) is 0 Å². The number of anilines is 1. The molecule has 0 saturated heterocycles. The van der Waals surface area contributed by atoms with Crippen molar-refractivity contribution >= 4 is 29.0 Å². The summed E-state index contributed by atoms with van der Waals surface area (Å²) in [5, 5.41) is 4.87. The lowest BCUT2D eigenvalue weighted by Gasteiger charge is -2.05. The fourth-order valence-corrected chi connectivity index (χ4v) is 2.46. The quantitative estimate of drug-likeness (QED) is 0.767. The number of pyridine rings is 1. The summed E-state index contributed by atoms with van der Waals surface area (Å²) >= 11 is 12.1. The van der Waals surface area contributed by atoms with Crippen molar-refractivity contribution in [3.8, 4) is 22.5 Å². The highest BCUT2D eigenvalue weighted by molar-refractivity contribution is 6.36. The molecule has 0 radical (unpaired) electrons. The second kappa shape index (κ2) is 5.15. The largest absolute Gasteiger partial charge is 0.380 e. The van der Waals surface area contributed by atoms with Gasteiger partial charge < -0.3 is 10.3 Å². The van der Waals surface area contributed by atoms with Crippen LogP contribution in [-0.4, -0.2) is 10.1 Å². The lowest BCUT2D eigenvalue weighted by atomic mass is 10.0. The third-order valence-electron chi connectivity index (χ3n) is 2.86. The van der Waals surface area contributed by atoms with E-state index in [9.17, 15) is 0 Å². The fraction of sp³-hybridized carbons (Fsp3) is 0. The normalized spacial score (nSPS) is 10.7. The first kappa shape index (κ1) is 13.0. The minimum Gasteiger partial charge on any atom is -0.380 e. The van der Waals surface area contributed by atoms with Crippen LogP contribution in [0.1, 0.15) is 0 Å². The van der Waals surface area contributed by atoms with E-state index in [2.05, 4.69) is 10.1 Å². The summed E-state index contributed by atoms with van der Waals surface area (Å²) in [6.07, 6.45) is 3.34. The maximum Gasteiger partial charge on any atom is 0.177 e. The van der Waals surface area contributed by atoms with Crippen LogP contribution in [0.5, 0.6) is 0 Å². The molecule has 20 heavy (non-hydrogen) atoms. The van der Waals surface area contributed by atoms with Crippen LogP contribution in [-0.2, 0) is 0 Å². The fourth-order valence-electron chi connectivity index (χ4n) is 1.96. The van der Waals surface area contributed by atoms with E-state index in [1.54, 1.807) is 30.6 Å². The summed E-state index contributed by atoms with van der Waals surface area (Å²) in [4.78, 5) is 3.97. The van der Waals surface area contributed by atoms with Gasteiger partial charge in [0.1, 0.15) is 0 Å². The molecule has 0 unspecified atom stereocenters. The SMILES string of the molecule is Nc1noc(-c2ccncc2)c1-c1ccc(Cl)cc1Cl. The van der Waals surface area contributed by atoms with E-state index in [0.717, 1.165) is 11.1 Å². The van der Waals surface area contributed by atoms with Crippen molar-refractivity contribution in [3.05, 3.63) is 52.8 Å². The summed E-state index contributed by atoms with van der Waals surface area (Å²) in [6.45, 7) is 0. The Hall–Kier alpha value is -2.04. The number of aromatic nitrogens is 2. The number of halogens is 2. The van der Waals surface area contributed by atoms with E-state index < -0.39 is 0 Å². The molecule has 0 saturated carbocycles. The van der Waals surface area contributed by atoms with Crippen LogP contribution in [0.2, 0.25) is 10.0 Å². The molecule has 0 bridgehead atoms. The van der Waals surface area contributed by atoms with Crippen LogP contribution in [0.15, 0.2) is 47.2 Å². The first-order valence-corrected chi connectivity index (χ1v) is 6.53. The van der Waals surface area contributed by atoms with Crippen LogP contribution in [0.3, 0.4) is 0 Å². The highest BCUT2D eigenvalue weighted by Crippen LogP contribution is 2.40. The lowest BCUT2D eigenvalue weighted by Crippen LogP contribution is -1.90. The van der Waals surface area contributed by atoms with Gasteiger partial charge in [0.25, 0.3) is 0 Å². The van der Waals surface area contributed by atoms with Crippen LogP contribution in [0.25, 0.3) is 22.5 Å². The van der Waals surface area contributed by atoms with Crippen LogP contribution in [0, 0.1) is 0 Å². The predicted octanol–water partition coefficient (Wildman–Crippen LogP) is 4.29.